The summed E-state index contributed by atoms with van der Waals surface area (Å²) in [4.78, 5) is 1.57. The highest BCUT2D eigenvalue weighted by Crippen LogP contribution is 2.42. The number of rotatable bonds is 6. The molecule has 1 nitrogen and oxygen atoms in total. The minimum absolute atomic E-state index is 0.605. The van der Waals surface area contributed by atoms with Gasteiger partial charge in [-0.3, -0.25) is 0 Å². The van der Waals surface area contributed by atoms with Crippen molar-refractivity contribution in [2.75, 3.05) is 6.54 Å². The Hall–Kier alpha value is -0.340. The molecular formula is C18H29NS. The van der Waals surface area contributed by atoms with Gasteiger partial charge < -0.3 is 5.32 Å². The number of thiophene rings is 1. The van der Waals surface area contributed by atoms with Crippen LogP contribution >= 0.6 is 11.3 Å². The lowest BCUT2D eigenvalue weighted by molar-refractivity contribution is 0.237. The number of hydrogen-bond donors (Lipinski definition) is 1. The third kappa shape index (κ3) is 3.12. The Morgan fingerprint density at radius 3 is 2.60 bits per heavy atom. The maximum Gasteiger partial charge on any atom is 0.0443 e. The average molecular weight is 292 g/mol. The summed E-state index contributed by atoms with van der Waals surface area (Å²) < 4.78 is 0. The van der Waals surface area contributed by atoms with Crippen molar-refractivity contribution in [1.29, 1.82) is 0 Å². The highest BCUT2D eigenvalue weighted by atomic mass is 32.1. The van der Waals surface area contributed by atoms with Crippen LogP contribution in [-0.2, 0) is 0 Å². The first-order valence-electron chi connectivity index (χ1n) is 8.60. The quantitative estimate of drug-likeness (QED) is 0.725. The van der Waals surface area contributed by atoms with Crippen LogP contribution in [0.3, 0.4) is 0 Å². The Kier molecular flexibility index (Phi) is 4.83. The van der Waals surface area contributed by atoms with Crippen LogP contribution in [0.5, 0.6) is 0 Å². The van der Waals surface area contributed by atoms with Gasteiger partial charge in [0.2, 0.25) is 0 Å². The van der Waals surface area contributed by atoms with Crippen molar-refractivity contribution in [3.63, 3.8) is 0 Å². The second-order valence-electron chi connectivity index (χ2n) is 6.98. The van der Waals surface area contributed by atoms with E-state index in [2.05, 4.69) is 29.8 Å². The fraction of sp³-hybridized carbons (Fsp3) is 0.778. The summed E-state index contributed by atoms with van der Waals surface area (Å²) in [7, 11) is 0. The SMILES string of the molecule is CCC1(CNC(c2cccs2)C2CCCC2)CCCC1. The van der Waals surface area contributed by atoms with Crippen LogP contribution in [0.15, 0.2) is 17.5 Å². The Bertz CT molecular complexity index is 386. The van der Waals surface area contributed by atoms with Gasteiger partial charge in [-0.15, -0.1) is 11.3 Å². The summed E-state index contributed by atoms with van der Waals surface area (Å²) in [6.45, 7) is 3.63. The molecule has 1 unspecified atom stereocenters. The van der Waals surface area contributed by atoms with Crippen molar-refractivity contribution in [3.05, 3.63) is 22.4 Å². The molecule has 2 fully saturated rings. The van der Waals surface area contributed by atoms with E-state index in [9.17, 15) is 0 Å². The van der Waals surface area contributed by atoms with Crippen LogP contribution in [0.4, 0.5) is 0 Å². The molecular weight excluding hydrogens is 262 g/mol. The van der Waals surface area contributed by atoms with E-state index >= 15 is 0 Å². The zero-order valence-electron chi connectivity index (χ0n) is 12.9. The van der Waals surface area contributed by atoms with Crippen LogP contribution in [0, 0.1) is 11.3 Å². The number of hydrogen-bond acceptors (Lipinski definition) is 2. The molecule has 2 heteroatoms. The first kappa shape index (κ1) is 14.6. The smallest absolute Gasteiger partial charge is 0.0443 e. The normalized spacial score (nSPS) is 24.2. The second kappa shape index (κ2) is 6.62. The van der Waals surface area contributed by atoms with E-state index in [1.165, 1.54) is 64.3 Å². The number of nitrogens with one attached hydrogen (secondary N) is 1. The van der Waals surface area contributed by atoms with Gasteiger partial charge in [0.15, 0.2) is 0 Å². The molecule has 0 amide bonds. The predicted octanol–water partition coefficient (Wildman–Crippen LogP) is 5.54. The van der Waals surface area contributed by atoms with Crippen LogP contribution < -0.4 is 5.32 Å². The summed E-state index contributed by atoms with van der Waals surface area (Å²) >= 11 is 1.94. The van der Waals surface area contributed by atoms with E-state index in [4.69, 9.17) is 0 Å². The van der Waals surface area contributed by atoms with Gasteiger partial charge in [-0.2, -0.15) is 0 Å². The van der Waals surface area contributed by atoms with Crippen molar-refractivity contribution >= 4 is 11.3 Å². The van der Waals surface area contributed by atoms with E-state index in [0.29, 0.717) is 11.5 Å². The highest BCUT2D eigenvalue weighted by Gasteiger charge is 2.34. The molecule has 0 radical (unpaired) electrons. The molecule has 1 heterocycles. The fourth-order valence-corrected chi connectivity index (χ4v) is 5.26. The van der Waals surface area contributed by atoms with E-state index in [-0.39, 0.29) is 0 Å². The highest BCUT2D eigenvalue weighted by molar-refractivity contribution is 7.10. The zero-order chi connectivity index (χ0) is 13.8. The lowest BCUT2D eigenvalue weighted by Crippen LogP contribution is -2.36. The van der Waals surface area contributed by atoms with Gasteiger partial charge in [0.1, 0.15) is 0 Å². The van der Waals surface area contributed by atoms with Gasteiger partial charge in [0.05, 0.1) is 0 Å². The molecule has 3 rings (SSSR count). The van der Waals surface area contributed by atoms with Crippen molar-refractivity contribution in [2.45, 2.75) is 70.8 Å². The summed E-state index contributed by atoms with van der Waals surface area (Å²) in [5, 5.41) is 6.25. The molecule has 20 heavy (non-hydrogen) atoms. The van der Waals surface area contributed by atoms with E-state index < -0.39 is 0 Å². The molecule has 0 aliphatic heterocycles. The molecule has 0 aromatic carbocycles. The Morgan fingerprint density at radius 1 is 1.25 bits per heavy atom. The molecule has 112 valence electrons. The second-order valence-corrected chi connectivity index (χ2v) is 7.96. The summed E-state index contributed by atoms with van der Waals surface area (Å²) in [6, 6.07) is 5.18. The molecule has 2 aliphatic rings. The van der Waals surface area contributed by atoms with Gasteiger partial charge in [0.25, 0.3) is 0 Å². The summed E-state index contributed by atoms with van der Waals surface area (Å²) in [6.07, 6.45) is 12.9. The lowest BCUT2D eigenvalue weighted by atomic mass is 9.82. The molecule has 1 aromatic rings. The van der Waals surface area contributed by atoms with Crippen molar-refractivity contribution in [3.8, 4) is 0 Å². The van der Waals surface area contributed by atoms with Gasteiger partial charge in [-0.05, 0) is 54.9 Å². The van der Waals surface area contributed by atoms with Gasteiger partial charge in [0, 0.05) is 17.5 Å². The van der Waals surface area contributed by atoms with Crippen LogP contribution in [0.1, 0.15) is 75.6 Å². The van der Waals surface area contributed by atoms with Gasteiger partial charge >= 0.3 is 0 Å². The van der Waals surface area contributed by atoms with Gasteiger partial charge in [-0.25, -0.2) is 0 Å². The van der Waals surface area contributed by atoms with Crippen LogP contribution in [0.2, 0.25) is 0 Å². The molecule has 0 bridgehead atoms. The zero-order valence-corrected chi connectivity index (χ0v) is 13.7. The summed E-state index contributed by atoms with van der Waals surface area (Å²) in [5.41, 5.74) is 0.605. The molecule has 1 aromatic heterocycles. The third-order valence-corrected chi connectivity index (χ3v) is 6.79. The van der Waals surface area contributed by atoms with Crippen LogP contribution in [0.25, 0.3) is 0 Å². The minimum atomic E-state index is 0.605. The standard InChI is InChI=1S/C18H29NS/c1-2-18(11-5-6-12-18)14-19-17(15-8-3-4-9-15)16-10-7-13-20-16/h7,10,13,15,17,19H,2-6,8-9,11-12,14H2,1H3. The predicted molar refractivity (Wildman–Crippen MR) is 88.2 cm³/mol. The van der Waals surface area contributed by atoms with Crippen LogP contribution in [-0.4, -0.2) is 6.54 Å². The molecule has 2 aliphatic carbocycles. The minimum Gasteiger partial charge on any atom is -0.308 e. The molecule has 1 atom stereocenters. The topological polar surface area (TPSA) is 12.0 Å². The average Bonchev–Trinajstić information content (AvgIpc) is 3.23. The lowest BCUT2D eigenvalue weighted by Gasteiger charge is -2.32. The Morgan fingerprint density at radius 2 is 2.00 bits per heavy atom. The first-order valence-corrected chi connectivity index (χ1v) is 9.48. The van der Waals surface area contributed by atoms with E-state index in [1.807, 2.05) is 11.3 Å². The van der Waals surface area contributed by atoms with Crippen molar-refractivity contribution in [2.24, 2.45) is 11.3 Å². The maximum atomic E-state index is 4.01. The Labute approximate surface area is 128 Å². The monoisotopic (exact) mass is 291 g/mol. The largest absolute Gasteiger partial charge is 0.308 e. The maximum absolute atomic E-state index is 4.01. The molecule has 0 saturated heterocycles. The first-order chi connectivity index (χ1) is 9.83. The van der Waals surface area contributed by atoms with Crippen molar-refractivity contribution < 1.29 is 0 Å². The summed E-state index contributed by atoms with van der Waals surface area (Å²) in [5.74, 6) is 0.879. The molecule has 0 spiro atoms. The van der Waals surface area contributed by atoms with Gasteiger partial charge in [-0.1, -0.05) is 38.7 Å². The van der Waals surface area contributed by atoms with Crippen molar-refractivity contribution in [1.82, 2.24) is 5.32 Å². The molecule has 2 saturated carbocycles. The van der Waals surface area contributed by atoms with E-state index in [1.54, 1.807) is 4.88 Å². The fourth-order valence-electron chi connectivity index (χ4n) is 4.37. The van der Waals surface area contributed by atoms with E-state index in [0.717, 1.165) is 5.92 Å². The molecule has 1 N–H and O–H groups in total. The Balaban J connectivity index is 1.67. The third-order valence-electron chi connectivity index (χ3n) is 5.83.